The molecule has 9 aromatic rings. The van der Waals surface area contributed by atoms with Crippen LogP contribution in [0, 0.1) is 14.1 Å². The van der Waals surface area contributed by atoms with E-state index >= 15 is 0 Å². The van der Waals surface area contributed by atoms with Crippen LogP contribution in [0.1, 0.15) is 106 Å². The summed E-state index contributed by atoms with van der Waals surface area (Å²) >= 11 is 3.65. The Morgan fingerprint density at radius 1 is 0.396 bits per heavy atom. The molecule has 3 aromatic heterocycles. The monoisotopic (exact) mass is 1600 g/mol. The summed E-state index contributed by atoms with van der Waals surface area (Å²) in [7, 11) is 2.76. The molecule has 3 saturated heterocycles. The molecule has 522 valence electrons. The van der Waals surface area contributed by atoms with Crippen LogP contribution in [0.2, 0.25) is 0 Å². The van der Waals surface area contributed by atoms with Crippen molar-refractivity contribution in [3.63, 3.8) is 0 Å². The number of nitrogens with zero attached hydrogens (tertiary/aromatic N) is 5. The van der Waals surface area contributed by atoms with E-state index in [-0.39, 0.29) is 39.1 Å². The molecule has 0 unspecified atom stereocenters. The Bertz CT molecular complexity index is 4620. The zero-order valence-electron chi connectivity index (χ0n) is 54.1. The van der Waals surface area contributed by atoms with Crippen LogP contribution < -0.4 is 33.7 Å². The zero-order valence-corrected chi connectivity index (χ0v) is 58.4. The van der Waals surface area contributed by atoms with Crippen LogP contribution >= 0.6 is 45.2 Å². The minimum Gasteiger partial charge on any atom is -0.459 e. The highest BCUT2D eigenvalue weighted by molar-refractivity contribution is 14.1. The molecule has 3 aliphatic rings. The first-order chi connectivity index (χ1) is 48.6. The number of aromatic amines is 1. The summed E-state index contributed by atoms with van der Waals surface area (Å²) in [5.74, 6) is -3.32. The molecular formula is C72H64I2N6O21. The molecule has 27 nitrogen and oxygen atoms in total. The molecule has 0 radical (unpaired) electrons. The topological polar surface area (TPSA) is 328 Å². The molecule has 6 aromatic carbocycles. The number of hydrogen-bond donors (Lipinski definition) is 1. The van der Waals surface area contributed by atoms with E-state index in [0.717, 1.165) is 9.13 Å². The lowest BCUT2D eigenvalue weighted by molar-refractivity contribution is -0.0586. The van der Waals surface area contributed by atoms with Gasteiger partial charge >= 0.3 is 52.9 Å². The fourth-order valence-electron chi connectivity index (χ4n) is 10.8. The number of H-pyrrole nitrogens is 1. The van der Waals surface area contributed by atoms with E-state index in [9.17, 15) is 57.5 Å². The van der Waals surface area contributed by atoms with E-state index in [2.05, 4.69) is 4.98 Å². The van der Waals surface area contributed by atoms with Crippen LogP contribution in [0.3, 0.4) is 0 Å². The average molecular weight is 1600 g/mol. The first kappa shape index (κ1) is 73.2. The largest absolute Gasteiger partial charge is 0.459 e. The number of benzene rings is 6. The van der Waals surface area contributed by atoms with Gasteiger partial charge in [-0.15, -0.1) is 0 Å². The number of esters is 6. The van der Waals surface area contributed by atoms with Crippen molar-refractivity contribution < 1.29 is 71.4 Å². The molecule has 9 atom stereocenters. The van der Waals surface area contributed by atoms with E-state index in [4.69, 9.17) is 42.6 Å². The number of aromatic nitrogens is 6. The van der Waals surface area contributed by atoms with Crippen LogP contribution in [-0.2, 0) is 56.7 Å². The second-order valence-corrected chi connectivity index (χ2v) is 25.3. The molecule has 1 N–H and O–H groups in total. The minimum atomic E-state index is -0.822. The third kappa shape index (κ3) is 18.5. The molecule has 6 heterocycles. The summed E-state index contributed by atoms with van der Waals surface area (Å²) in [6.07, 6.45) is -2.64. The van der Waals surface area contributed by atoms with Crippen LogP contribution in [0.4, 0.5) is 0 Å². The van der Waals surface area contributed by atoms with Crippen molar-refractivity contribution in [2.24, 2.45) is 14.1 Å². The van der Waals surface area contributed by atoms with Gasteiger partial charge in [0.2, 0.25) is 0 Å². The lowest BCUT2D eigenvalue weighted by Crippen LogP contribution is -2.40. The van der Waals surface area contributed by atoms with Gasteiger partial charge in [0.1, 0.15) is 75.1 Å². The SMILES string of the molecule is Cc1cn([C@@H]2C[C@H](OC(=O)c3ccccc3)[C@H](COC(=O)c3ccccc3)O2)c(=O)n(C)c1=O.Cn1c(=O)c(I)cn([C@@H]2C[C@H](OC(=O)c3ccccc3)[C@H](COC(=O)c3ccccc3)O2)c1=O.O=C(OC[C@@H]1O[C@H](n2cc(I)c(=O)[nH]c2=O)C[C@@H]1OC(=O)c1ccccc1)c1ccccc1. The number of halogens is 2. The first-order valence-corrected chi connectivity index (χ1v) is 33.5. The predicted octanol–water partition coefficient (Wildman–Crippen LogP) is 7.26. The Kier molecular flexibility index (Phi) is 24.7. The van der Waals surface area contributed by atoms with E-state index in [1.807, 2.05) is 45.2 Å². The Morgan fingerprint density at radius 3 is 1.00 bits per heavy atom. The lowest BCUT2D eigenvalue weighted by atomic mass is 10.1. The van der Waals surface area contributed by atoms with Crippen molar-refractivity contribution in [3.05, 3.63) is 309 Å². The van der Waals surface area contributed by atoms with Crippen LogP contribution in [0.5, 0.6) is 0 Å². The second-order valence-electron chi connectivity index (χ2n) is 23.0. The van der Waals surface area contributed by atoms with Crippen molar-refractivity contribution in [1.82, 2.24) is 27.8 Å². The zero-order chi connectivity index (χ0) is 71.9. The smallest absolute Gasteiger partial charge is 0.338 e. The maximum atomic E-state index is 12.7. The summed E-state index contributed by atoms with van der Waals surface area (Å²) in [4.78, 5) is 151. The van der Waals surface area contributed by atoms with Gasteiger partial charge in [0.15, 0.2) is 0 Å². The summed E-state index contributed by atoms with van der Waals surface area (Å²) in [5, 5.41) is 0. The third-order valence-electron chi connectivity index (χ3n) is 16.1. The maximum Gasteiger partial charge on any atom is 0.338 e. The molecule has 12 rings (SSSR count). The standard InChI is InChI=1S/C25H24N2O7.C24H21IN2O7.C23H19IN2O7/c1-16-14-27(25(31)26(2)22(16)28)21-13-19(34-24(30)18-11-7-4-8-12-18)20(33-21)15-32-23(29)17-9-5-3-6-10-17;1-26-21(28)17(25)13-27(24(26)31)20-12-18(34-23(30)16-10-6-3-7-11-16)19(33-20)14-32-22(29)15-8-4-2-5-9-15;24-16-12-26(23(30)25-20(16)27)19-11-17(33-22(29)15-9-5-2-6-10-15)18(32-19)13-31-21(28)14-7-3-1-4-8-14/h3-12,14,19-21H,13,15H2,1-2H3;2-11,13,18-20H,12,14H2,1H3;1-10,12,17-19H,11,13H2,(H,25,27,30)/t19-,20-,21-;18-,19-,20-;17-,18-,19-/m000/s1. The third-order valence-corrected chi connectivity index (χ3v) is 17.6. The minimum absolute atomic E-state index is 0.133. The quantitative estimate of drug-likeness (QED) is 0.0501. The maximum absolute atomic E-state index is 12.7. The summed E-state index contributed by atoms with van der Waals surface area (Å²) < 4.78 is 57.6. The van der Waals surface area contributed by atoms with E-state index < -0.39 is 125 Å². The summed E-state index contributed by atoms with van der Waals surface area (Å²) in [6.45, 7) is 1.04. The van der Waals surface area contributed by atoms with Crippen molar-refractivity contribution in [2.75, 3.05) is 19.8 Å². The Hall–Kier alpha value is -10.5. The van der Waals surface area contributed by atoms with Gasteiger partial charge in [-0.05, 0) is 125 Å². The Balaban J connectivity index is 0.000000163. The van der Waals surface area contributed by atoms with Crippen molar-refractivity contribution in [2.45, 2.75) is 81.5 Å². The number of hydrogen-bond acceptors (Lipinski definition) is 21. The number of carbonyl (C=O) groups excluding carboxylic acids is 6. The van der Waals surface area contributed by atoms with Gasteiger partial charge in [-0.2, -0.15) is 0 Å². The van der Waals surface area contributed by atoms with Crippen LogP contribution in [0.15, 0.2) is 229 Å². The molecule has 3 fully saturated rings. The number of ether oxygens (including phenoxy) is 9. The van der Waals surface area contributed by atoms with Gasteiger partial charge in [0, 0.05) is 57.5 Å². The predicted molar refractivity (Wildman–Crippen MR) is 376 cm³/mol. The molecule has 0 aliphatic carbocycles. The molecule has 29 heteroatoms. The molecule has 0 spiro atoms. The number of nitrogens with one attached hydrogen (secondary N) is 1. The molecule has 0 amide bonds. The highest BCUT2D eigenvalue weighted by atomic mass is 127. The molecule has 101 heavy (non-hydrogen) atoms. The van der Waals surface area contributed by atoms with Gasteiger partial charge in [-0.25, -0.2) is 43.2 Å². The molecule has 0 saturated carbocycles. The lowest BCUT2D eigenvalue weighted by Gasteiger charge is -2.19. The van der Waals surface area contributed by atoms with Crippen molar-refractivity contribution >= 4 is 81.0 Å². The second kappa shape index (κ2) is 34.1. The van der Waals surface area contributed by atoms with Crippen LogP contribution in [0.25, 0.3) is 0 Å². The fourth-order valence-corrected chi connectivity index (χ4v) is 11.9. The summed E-state index contributed by atoms with van der Waals surface area (Å²) in [5.41, 5.74) is -0.535. The molecule has 3 aliphatic heterocycles. The van der Waals surface area contributed by atoms with Gasteiger partial charge < -0.3 is 42.6 Å². The first-order valence-electron chi connectivity index (χ1n) is 31.3. The van der Waals surface area contributed by atoms with Crippen molar-refractivity contribution in [3.8, 4) is 0 Å². The Morgan fingerprint density at radius 2 is 0.673 bits per heavy atom. The van der Waals surface area contributed by atoms with Gasteiger partial charge in [-0.1, -0.05) is 109 Å². The summed E-state index contributed by atoms with van der Waals surface area (Å²) in [6, 6.07) is 50.8. The number of carbonyl (C=O) groups is 6. The molecule has 0 bridgehead atoms. The molecular weight excluding hydrogens is 1540 g/mol. The van der Waals surface area contributed by atoms with E-state index in [0.29, 0.717) is 46.1 Å². The van der Waals surface area contributed by atoms with Crippen LogP contribution in [-0.4, -0.2) is 120 Å². The van der Waals surface area contributed by atoms with Crippen molar-refractivity contribution in [1.29, 1.82) is 0 Å². The van der Waals surface area contributed by atoms with Gasteiger partial charge in [-0.3, -0.25) is 42.2 Å². The van der Waals surface area contributed by atoms with Gasteiger partial charge in [0.05, 0.1) is 40.5 Å². The normalized spacial score (nSPS) is 19.6. The van der Waals surface area contributed by atoms with E-state index in [1.54, 1.807) is 189 Å². The highest BCUT2D eigenvalue weighted by Crippen LogP contribution is 2.34. The number of aryl methyl sites for hydroxylation is 1. The Labute approximate surface area is 600 Å². The highest BCUT2D eigenvalue weighted by Gasteiger charge is 2.44. The number of rotatable bonds is 18. The van der Waals surface area contributed by atoms with Gasteiger partial charge in [0.25, 0.3) is 16.7 Å². The van der Waals surface area contributed by atoms with E-state index in [1.165, 1.54) is 46.4 Å². The average Bonchev–Trinajstić information content (AvgIpc) is 1.48. The fraction of sp³-hybridized carbons (Fsp3) is 0.250.